The summed E-state index contributed by atoms with van der Waals surface area (Å²) in [6.07, 6.45) is 4.41. The van der Waals surface area contributed by atoms with Crippen LogP contribution in [0.25, 0.3) is 0 Å². The maximum Gasteiger partial charge on any atom is 0.326 e. The molecule has 0 fully saturated rings. The number of unbranched alkanes of at least 4 members (excludes halogenated alkanes) is 1. The molecule has 0 aromatic carbocycles. The van der Waals surface area contributed by atoms with Crippen LogP contribution in [-0.2, 0) is 38.0 Å². The Morgan fingerprint density at radius 2 is 0.833 bits per heavy atom. The third kappa shape index (κ3) is 13.9. The molecule has 0 amide bonds. The van der Waals surface area contributed by atoms with E-state index in [1.807, 2.05) is 27.7 Å². The van der Waals surface area contributed by atoms with Crippen LogP contribution in [0.1, 0.15) is 92.9 Å². The van der Waals surface area contributed by atoms with Crippen LogP contribution >= 0.6 is 0 Å². The molecule has 0 unspecified atom stereocenters. The number of ether oxygens (including phenoxy) is 6. The van der Waals surface area contributed by atoms with Crippen molar-refractivity contribution in [2.45, 2.75) is 105 Å². The quantitative estimate of drug-likeness (QED) is 0.164. The zero-order chi connectivity index (χ0) is 22.9. The van der Waals surface area contributed by atoms with Gasteiger partial charge in [-0.15, -0.1) is 0 Å². The van der Waals surface area contributed by atoms with E-state index in [0.29, 0.717) is 39.3 Å². The Hall–Kier alpha value is -1.22. The minimum absolute atomic E-state index is 0.157. The lowest BCUT2D eigenvalue weighted by Gasteiger charge is -2.29. The van der Waals surface area contributed by atoms with Gasteiger partial charge >= 0.3 is 23.9 Å². The highest BCUT2D eigenvalue weighted by atomic mass is 16.9. The van der Waals surface area contributed by atoms with Crippen LogP contribution in [0.5, 0.6) is 0 Å². The van der Waals surface area contributed by atoms with Crippen molar-refractivity contribution in [2.75, 3.05) is 26.4 Å². The molecule has 8 nitrogen and oxygen atoms in total. The molecule has 0 aliphatic rings. The van der Waals surface area contributed by atoms with Crippen molar-refractivity contribution in [1.82, 2.24) is 0 Å². The standard InChI is InChI=1S/C22H42O8/c1-7-15-25-21(5,26-16-8-2)29-19(23)13-11-12-14-20(24)30-22(6,27-17-9-3)28-18-10-4/h7-18H2,1-6H3. The Balaban J connectivity index is 4.36. The second-order valence-electron chi connectivity index (χ2n) is 7.27. The molecule has 0 rings (SSSR count). The predicted octanol–water partition coefficient (Wildman–Crippen LogP) is 4.69. The van der Waals surface area contributed by atoms with Crippen molar-refractivity contribution in [2.24, 2.45) is 0 Å². The van der Waals surface area contributed by atoms with E-state index in [1.54, 1.807) is 13.8 Å². The molecule has 0 aliphatic carbocycles. The monoisotopic (exact) mass is 434 g/mol. The summed E-state index contributed by atoms with van der Waals surface area (Å²) in [6, 6.07) is 0. The molecule has 0 saturated carbocycles. The van der Waals surface area contributed by atoms with E-state index in [0.717, 1.165) is 25.7 Å². The van der Waals surface area contributed by atoms with Crippen LogP contribution in [0.15, 0.2) is 0 Å². The lowest BCUT2D eigenvalue weighted by Crippen LogP contribution is -2.39. The van der Waals surface area contributed by atoms with Gasteiger partial charge < -0.3 is 28.4 Å². The summed E-state index contributed by atoms with van der Waals surface area (Å²) in [5.41, 5.74) is 0. The van der Waals surface area contributed by atoms with Crippen molar-refractivity contribution in [3.63, 3.8) is 0 Å². The van der Waals surface area contributed by atoms with Gasteiger partial charge in [-0.25, -0.2) is 0 Å². The average Bonchev–Trinajstić information content (AvgIpc) is 2.71. The van der Waals surface area contributed by atoms with Gasteiger partial charge in [-0.3, -0.25) is 9.59 Å². The SMILES string of the molecule is CCCOC(C)(OCCC)OC(=O)CCCCC(=O)OC(C)(OCCC)OCCC. The Labute approximate surface area is 181 Å². The highest BCUT2D eigenvalue weighted by Gasteiger charge is 2.32. The first kappa shape index (κ1) is 28.8. The van der Waals surface area contributed by atoms with E-state index in [-0.39, 0.29) is 12.8 Å². The summed E-state index contributed by atoms with van der Waals surface area (Å²) in [5.74, 6) is -3.62. The van der Waals surface area contributed by atoms with Gasteiger partial charge in [0, 0.05) is 26.7 Å². The van der Waals surface area contributed by atoms with Crippen LogP contribution in [0.4, 0.5) is 0 Å². The first-order valence-corrected chi connectivity index (χ1v) is 11.2. The highest BCUT2D eigenvalue weighted by Crippen LogP contribution is 2.19. The van der Waals surface area contributed by atoms with E-state index in [9.17, 15) is 9.59 Å². The van der Waals surface area contributed by atoms with Crippen molar-refractivity contribution in [3.8, 4) is 0 Å². The third-order valence-corrected chi connectivity index (χ3v) is 3.88. The fourth-order valence-corrected chi connectivity index (χ4v) is 2.41. The molecule has 0 aromatic rings. The minimum Gasteiger partial charge on any atom is -0.408 e. The number of carbonyl (C=O) groups excluding carboxylic acids is 2. The average molecular weight is 435 g/mol. The van der Waals surface area contributed by atoms with E-state index >= 15 is 0 Å². The molecule has 0 radical (unpaired) electrons. The molecule has 0 bridgehead atoms. The molecule has 178 valence electrons. The number of hydrogen-bond acceptors (Lipinski definition) is 8. The molecule has 0 spiro atoms. The van der Waals surface area contributed by atoms with Crippen LogP contribution < -0.4 is 0 Å². The van der Waals surface area contributed by atoms with E-state index in [4.69, 9.17) is 28.4 Å². The minimum atomic E-state index is -1.38. The maximum atomic E-state index is 12.2. The van der Waals surface area contributed by atoms with Crippen molar-refractivity contribution in [3.05, 3.63) is 0 Å². The van der Waals surface area contributed by atoms with Crippen LogP contribution in [0.3, 0.4) is 0 Å². The fourth-order valence-electron chi connectivity index (χ4n) is 2.41. The molecule has 0 heterocycles. The highest BCUT2D eigenvalue weighted by molar-refractivity contribution is 5.70. The van der Waals surface area contributed by atoms with Gasteiger partial charge in [-0.2, -0.15) is 0 Å². The number of rotatable bonds is 19. The van der Waals surface area contributed by atoms with Crippen molar-refractivity contribution >= 4 is 11.9 Å². The maximum absolute atomic E-state index is 12.2. The largest absolute Gasteiger partial charge is 0.408 e. The summed E-state index contributed by atoms with van der Waals surface area (Å²) in [6.45, 7) is 12.8. The van der Waals surface area contributed by atoms with E-state index in [1.165, 1.54) is 0 Å². The smallest absolute Gasteiger partial charge is 0.326 e. The first-order valence-electron chi connectivity index (χ1n) is 11.2. The van der Waals surface area contributed by atoms with Crippen molar-refractivity contribution < 1.29 is 38.0 Å². The summed E-state index contributed by atoms with van der Waals surface area (Å²) < 4.78 is 32.9. The fraction of sp³-hybridized carbons (Fsp3) is 0.909. The van der Waals surface area contributed by atoms with Gasteiger partial charge in [0.25, 0.3) is 0 Å². The van der Waals surface area contributed by atoms with Gasteiger partial charge in [0.2, 0.25) is 0 Å². The summed E-state index contributed by atoms with van der Waals surface area (Å²) in [7, 11) is 0. The van der Waals surface area contributed by atoms with E-state index in [2.05, 4.69) is 0 Å². The Morgan fingerprint density at radius 1 is 0.567 bits per heavy atom. The van der Waals surface area contributed by atoms with Gasteiger partial charge in [0.15, 0.2) is 0 Å². The molecule has 0 aliphatic heterocycles. The topological polar surface area (TPSA) is 89.5 Å². The van der Waals surface area contributed by atoms with Gasteiger partial charge in [-0.05, 0) is 38.5 Å². The molecule has 0 saturated heterocycles. The summed E-state index contributed by atoms with van der Waals surface area (Å²) in [5, 5.41) is 0. The number of esters is 2. The Morgan fingerprint density at radius 3 is 1.07 bits per heavy atom. The van der Waals surface area contributed by atoms with Gasteiger partial charge in [-0.1, -0.05) is 27.7 Å². The Bertz CT molecular complexity index is 408. The predicted molar refractivity (Wildman–Crippen MR) is 112 cm³/mol. The molecule has 30 heavy (non-hydrogen) atoms. The Kier molecular flexibility index (Phi) is 15.8. The zero-order valence-electron chi connectivity index (χ0n) is 19.8. The molecule has 0 N–H and O–H groups in total. The normalized spacial score (nSPS) is 12.1. The van der Waals surface area contributed by atoms with Gasteiger partial charge in [0.05, 0.1) is 26.4 Å². The first-order chi connectivity index (χ1) is 14.2. The number of hydrogen-bond donors (Lipinski definition) is 0. The van der Waals surface area contributed by atoms with Crippen LogP contribution in [0.2, 0.25) is 0 Å². The number of carbonyl (C=O) groups is 2. The van der Waals surface area contributed by atoms with Crippen molar-refractivity contribution in [1.29, 1.82) is 0 Å². The zero-order valence-corrected chi connectivity index (χ0v) is 19.8. The molecular formula is C22H42O8. The lowest BCUT2D eigenvalue weighted by molar-refractivity contribution is -0.353. The van der Waals surface area contributed by atoms with Crippen LogP contribution in [0, 0.1) is 0 Å². The van der Waals surface area contributed by atoms with Crippen LogP contribution in [-0.4, -0.2) is 50.3 Å². The molecule has 0 aromatic heterocycles. The molecule has 0 atom stereocenters. The molecular weight excluding hydrogens is 392 g/mol. The van der Waals surface area contributed by atoms with Gasteiger partial charge in [0.1, 0.15) is 0 Å². The molecule has 8 heteroatoms. The lowest BCUT2D eigenvalue weighted by atomic mass is 10.2. The summed E-state index contributed by atoms with van der Waals surface area (Å²) in [4.78, 5) is 24.3. The van der Waals surface area contributed by atoms with E-state index < -0.39 is 23.9 Å². The summed E-state index contributed by atoms with van der Waals surface area (Å²) >= 11 is 0. The third-order valence-electron chi connectivity index (χ3n) is 3.88. The second-order valence-corrected chi connectivity index (χ2v) is 7.27. The second kappa shape index (κ2) is 16.5.